The van der Waals surface area contributed by atoms with Gasteiger partial charge in [-0.3, -0.25) is 4.79 Å². The molecule has 3 aromatic rings. The van der Waals surface area contributed by atoms with E-state index >= 15 is 0 Å². The molecule has 1 amide bonds. The van der Waals surface area contributed by atoms with Gasteiger partial charge in [-0.05, 0) is 31.0 Å². The molecule has 3 rings (SSSR count). The molecular weight excluding hydrogens is 324 g/mol. The van der Waals surface area contributed by atoms with Crippen molar-refractivity contribution in [2.75, 3.05) is 20.2 Å². The van der Waals surface area contributed by atoms with Gasteiger partial charge < -0.3 is 14.2 Å². The van der Waals surface area contributed by atoms with Crippen LogP contribution in [0.15, 0.2) is 60.8 Å². The van der Waals surface area contributed by atoms with Crippen molar-refractivity contribution in [1.82, 2.24) is 9.47 Å². The summed E-state index contributed by atoms with van der Waals surface area (Å²) in [4.78, 5) is 14.7. The van der Waals surface area contributed by atoms with Crippen LogP contribution >= 0.6 is 0 Å². The van der Waals surface area contributed by atoms with Gasteiger partial charge in [0, 0.05) is 37.2 Å². The molecule has 1 heterocycles. The van der Waals surface area contributed by atoms with E-state index in [9.17, 15) is 4.79 Å². The first kappa shape index (κ1) is 18.1. The highest BCUT2D eigenvalue weighted by atomic mass is 16.5. The average molecular weight is 350 g/mol. The van der Waals surface area contributed by atoms with Crippen LogP contribution in [0.2, 0.25) is 0 Å². The van der Waals surface area contributed by atoms with Gasteiger partial charge in [-0.2, -0.15) is 0 Å². The zero-order valence-electron chi connectivity index (χ0n) is 15.5. The summed E-state index contributed by atoms with van der Waals surface area (Å²) in [5.74, 6) is 0.930. The monoisotopic (exact) mass is 350 g/mol. The van der Waals surface area contributed by atoms with Crippen LogP contribution in [0.3, 0.4) is 0 Å². The van der Waals surface area contributed by atoms with Gasteiger partial charge in [0.2, 0.25) is 0 Å². The summed E-state index contributed by atoms with van der Waals surface area (Å²) in [7, 11) is 1.86. The Balaban J connectivity index is 1.62. The maximum absolute atomic E-state index is 12.9. The van der Waals surface area contributed by atoms with Crippen molar-refractivity contribution in [2.24, 2.45) is 0 Å². The lowest BCUT2D eigenvalue weighted by Crippen LogP contribution is -2.28. The van der Waals surface area contributed by atoms with Gasteiger partial charge in [-0.15, -0.1) is 0 Å². The van der Waals surface area contributed by atoms with E-state index in [0.717, 1.165) is 41.6 Å². The number of rotatable bonds is 8. The fourth-order valence-electron chi connectivity index (χ4n) is 3.16. The second-order valence-corrected chi connectivity index (χ2v) is 6.50. The second kappa shape index (κ2) is 8.56. The smallest absolute Gasteiger partial charge is 0.255 e. The molecule has 1 aromatic heterocycles. The van der Waals surface area contributed by atoms with Gasteiger partial charge in [-0.1, -0.05) is 43.3 Å². The number of nitrogens with zero attached hydrogens (tertiary/aromatic N) is 2. The standard InChI is InChI=1S/C22H26N2O2/c1-3-14-24-17-20(19-12-7-8-13-21(19)24)22(25)23(2)15-9-16-26-18-10-5-4-6-11-18/h4-8,10-13,17H,3,9,14-16H2,1-2H3. The summed E-state index contributed by atoms with van der Waals surface area (Å²) in [6.45, 7) is 4.33. The molecule has 0 atom stereocenters. The van der Waals surface area contributed by atoms with Crippen LogP contribution in [0.25, 0.3) is 10.9 Å². The maximum atomic E-state index is 12.9. The number of carbonyl (C=O) groups excluding carboxylic acids is 1. The molecule has 0 aliphatic heterocycles. The predicted molar refractivity (Wildman–Crippen MR) is 106 cm³/mol. The third-order valence-corrected chi connectivity index (χ3v) is 4.48. The molecule has 0 saturated carbocycles. The van der Waals surface area contributed by atoms with Crippen LogP contribution in [0.1, 0.15) is 30.1 Å². The van der Waals surface area contributed by atoms with E-state index in [1.807, 2.05) is 61.8 Å². The Bertz CT molecular complexity index is 855. The molecule has 0 fully saturated rings. The fourth-order valence-corrected chi connectivity index (χ4v) is 3.16. The molecule has 0 aliphatic rings. The van der Waals surface area contributed by atoms with E-state index in [1.54, 1.807) is 4.90 Å². The molecule has 26 heavy (non-hydrogen) atoms. The van der Waals surface area contributed by atoms with Crippen LogP contribution in [0.4, 0.5) is 0 Å². The van der Waals surface area contributed by atoms with Crippen LogP contribution in [-0.4, -0.2) is 35.6 Å². The second-order valence-electron chi connectivity index (χ2n) is 6.50. The topological polar surface area (TPSA) is 34.5 Å². The average Bonchev–Trinajstić information content (AvgIpc) is 3.04. The zero-order chi connectivity index (χ0) is 18.4. The largest absolute Gasteiger partial charge is 0.494 e. The summed E-state index contributed by atoms with van der Waals surface area (Å²) < 4.78 is 7.88. The van der Waals surface area contributed by atoms with Crippen molar-refractivity contribution in [2.45, 2.75) is 26.3 Å². The van der Waals surface area contributed by atoms with Gasteiger partial charge in [0.25, 0.3) is 5.91 Å². The number of aromatic nitrogens is 1. The minimum Gasteiger partial charge on any atom is -0.494 e. The Morgan fingerprint density at radius 3 is 2.58 bits per heavy atom. The number of amides is 1. The summed E-state index contributed by atoms with van der Waals surface area (Å²) >= 11 is 0. The molecule has 0 spiro atoms. The third kappa shape index (κ3) is 4.07. The van der Waals surface area contributed by atoms with E-state index < -0.39 is 0 Å². The van der Waals surface area contributed by atoms with E-state index in [1.165, 1.54) is 0 Å². The molecule has 4 nitrogen and oxygen atoms in total. The summed E-state index contributed by atoms with van der Waals surface area (Å²) in [6.07, 6.45) is 3.83. The Morgan fingerprint density at radius 2 is 1.81 bits per heavy atom. The summed E-state index contributed by atoms with van der Waals surface area (Å²) in [5.41, 5.74) is 1.90. The maximum Gasteiger partial charge on any atom is 0.255 e. The highest BCUT2D eigenvalue weighted by Crippen LogP contribution is 2.23. The minimum absolute atomic E-state index is 0.0655. The fraction of sp³-hybridized carbons (Fsp3) is 0.318. The first-order valence-corrected chi connectivity index (χ1v) is 9.22. The number of hydrogen-bond donors (Lipinski definition) is 0. The van der Waals surface area contributed by atoms with Gasteiger partial charge in [0.05, 0.1) is 12.2 Å². The molecule has 0 aliphatic carbocycles. The number of carbonyl (C=O) groups is 1. The molecular formula is C22H26N2O2. The highest BCUT2D eigenvalue weighted by molar-refractivity contribution is 6.06. The predicted octanol–water partition coefficient (Wildman–Crippen LogP) is 4.59. The first-order chi connectivity index (χ1) is 12.7. The number of benzene rings is 2. The summed E-state index contributed by atoms with van der Waals surface area (Å²) in [6, 6.07) is 17.9. The zero-order valence-corrected chi connectivity index (χ0v) is 15.5. The molecule has 0 bridgehead atoms. The minimum atomic E-state index is 0.0655. The van der Waals surface area contributed by atoms with E-state index in [2.05, 4.69) is 17.6 Å². The van der Waals surface area contributed by atoms with Gasteiger partial charge in [-0.25, -0.2) is 0 Å². The van der Waals surface area contributed by atoms with Crippen LogP contribution in [0.5, 0.6) is 5.75 Å². The molecule has 0 unspecified atom stereocenters. The van der Waals surface area contributed by atoms with Crippen molar-refractivity contribution in [3.05, 3.63) is 66.4 Å². The van der Waals surface area contributed by atoms with Crippen LogP contribution in [-0.2, 0) is 6.54 Å². The molecule has 4 heteroatoms. The van der Waals surface area contributed by atoms with Crippen molar-refractivity contribution in [3.63, 3.8) is 0 Å². The van der Waals surface area contributed by atoms with Gasteiger partial charge >= 0.3 is 0 Å². The van der Waals surface area contributed by atoms with Crippen LogP contribution < -0.4 is 4.74 Å². The molecule has 0 N–H and O–H groups in total. The van der Waals surface area contributed by atoms with Gasteiger partial charge in [0.1, 0.15) is 5.75 Å². The molecule has 0 radical (unpaired) electrons. The number of ether oxygens (including phenoxy) is 1. The van der Waals surface area contributed by atoms with E-state index in [-0.39, 0.29) is 5.91 Å². The number of aryl methyl sites for hydroxylation is 1. The number of fused-ring (bicyclic) bond motifs is 1. The number of hydrogen-bond acceptors (Lipinski definition) is 2. The van der Waals surface area contributed by atoms with Crippen molar-refractivity contribution >= 4 is 16.8 Å². The lowest BCUT2D eigenvalue weighted by atomic mass is 10.1. The Morgan fingerprint density at radius 1 is 1.08 bits per heavy atom. The van der Waals surface area contributed by atoms with E-state index in [4.69, 9.17) is 4.74 Å². The molecule has 0 saturated heterocycles. The lowest BCUT2D eigenvalue weighted by molar-refractivity contribution is 0.0789. The molecule has 2 aromatic carbocycles. The van der Waals surface area contributed by atoms with Crippen molar-refractivity contribution in [1.29, 1.82) is 0 Å². The SMILES string of the molecule is CCCn1cc(C(=O)N(C)CCCOc2ccccc2)c2ccccc21. The Labute approximate surface area is 155 Å². The molecule has 136 valence electrons. The van der Waals surface area contributed by atoms with Crippen molar-refractivity contribution in [3.8, 4) is 5.75 Å². The quantitative estimate of drug-likeness (QED) is 0.557. The third-order valence-electron chi connectivity index (χ3n) is 4.48. The normalized spacial score (nSPS) is 10.8. The van der Waals surface area contributed by atoms with E-state index in [0.29, 0.717) is 13.2 Å². The Kier molecular flexibility index (Phi) is 5.95. The number of para-hydroxylation sites is 2. The first-order valence-electron chi connectivity index (χ1n) is 9.22. The van der Waals surface area contributed by atoms with Crippen LogP contribution in [0, 0.1) is 0 Å². The Hall–Kier alpha value is -2.75. The van der Waals surface area contributed by atoms with Gasteiger partial charge in [0.15, 0.2) is 0 Å². The highest BCUT2D eigenvalue weighted by Gasteiger charge is 2.17. The van der Waals surface area contributed by atoms with Crippen molar-refractivity contribution < 1.29 is 9.53 Å². The lowest BCUT2D eigenvalue weighted by Gasteiger charge is -2.17. The summed E-state index contributed by atoms with van der Waals surface area (Å²) in [5, 5.41) is 1.03.